The van der Waals surface area contributed by atoms with Crippen molar-refractivity contribution < 1.29 is 19.7 Å². The van der Waals surface area contributed by atoms with Crippen molar-refractivity contribution in [3.63, 3.8) is 0 Å². The molecule has 0 aliphatic rings. The van der Waals surface area contributed by atoms with Gasteiger partial charge in [-0.05, 0) is 17.9 Å². The summed E-state index contributed by atoms with van der Waals surface area (Å²) in [6, 6.07) is 16.7. The zero-order valence-corrected chi connectivity index (χ0v) is 15.5. The molecule has 1 amide bonds. The van der Waals surface area contributed by atoms with E-state index in [9.17, 15) is 19.7 Å². The Labute approximate surface area is 159 Å². The molecule has 27 heavy (non-hydrogen) atoms. The lowest BCUT2D eigenvalue weighted by Crippen LogP contribution is -2.55. The molecule has 6 nitrogen and oxygen atoms in total. The minimum Gasteiger partial charge on any atom is -0.480 e. The first-order chi connectivity index (χ1) is 12.9. The number of carboxylic acids is 1. The number of benzene rings is 2. The fourth-order valence-corrected chi connectivity index (χ4v) is 2.97. The number of amides is 1. The highest BCUT2D eigenvalue weighted by molar-refractivity contribution is 6.46. The Morgan fingerprint density at radius 3 is 2.11 bits per heavy atom. The van der Waals surface area contributed by atoms with Crippen LogP contribution in [0.5, 0.6) is 0 Å². The second kappa shape index (κ2) is 9.90. The standard InChI is InChI=1S/C20H25BN2O4/c1-14(16-11-7-4-8-12-16)18(23-21(2)27)19(24)22-17(20(25)26)13-15-9-5-3-6-10-15/h3-12,14,17-18,23,27H,13H2,1-2H3,(H,22,24)(H,25,26)/t14-,17-,18-/m1/s1. The van der Waals surface area contributed by atoms with Crippen LogP contribution in [0.25, 0.3) is 0 Å². The average molecular weight is 368 g/mol. The molecule has 0 aromatic heterocycles. The van der Waals surface area contributed by atoms with Gasteiger partial charge in [-0.3, -0.25) is 4.79 Å². The Kier molecular flexibility index (Phi) is 7.58. The number of hydrogen-bond donors (Lipinski definition) is 4. The molecule has 2 aromatic rings. The van der Waals surface area contributed by atoms with Gasteiger partial charge in [0.15, 0.2) is 0 Å². The van der Waals surface area contributed by atoms with Crippen molar-refractivity contribution in [3.05, 3.63) is 71.8 Å². The van der Waals surface area contributed by atoms with Crippen LogP contribution in [-0.4, -0.2) is 41.1 Å². The number of aliphatic carboxylic acids is 1. The fourth-order valence-electron chi connectivity index (χ4n) is 2.97. The average Bonchev–Trinajstić information content (AvgIpc) is 2.66. The smallest absolute Gasteiger partial charge is 0.374 e. The molecule has 0 fully saturated rings. The molecule has 2 aromatic carbocycles. The van der Waals surface area contributed by atoms with Gasteiger partial charge in [-0.25, -0.2) is 4.79 Å². The maximum atomic E-state index is 12.9. The van der Waals surface area contributed by atoms with Crippen LogP contribution < -0.4 is 10.5 Å². The van der Waals surface area contributed by atoms with Gasteiger partial charge in [0.25, 0.3) is 0 Å². The summed E-state index contributed by atoms with van der Waals surface area (Å²) >= 11 is 0. The molecule has 0 unspecified atom stereocenters. The van der Waals surface area contributed by atoms with Crippen LogP contribution >= 0.6 is 0 Å². The number of carbonyl (C=O) groups excluding carboxylic acids is 1. The number of hydrogen-bond acceptors (Lipinski definition) is 4. The van der Waals surface area contributed by atoms with E-state index in [-0.39, 0.29) is 12.3 Å². The lowest BCUT2D eigenvalue weighted by atomic mass is 9.82. The molecule has 4 N–H and O–H groups in total. The molecule has 0 bridgehead atoms. The minimum atomic E-state index is -1.10. The molecule has 0 spiro atoms. The summed E-state index contributed by atoms with van der Waals surface area (Å²) in [5, 5.41) is 24.7. The lowest BCUT2D eigenvalue weighted by molar-refractivity contribution is -0.142. The summed E-state index contributed by atoms with van der Waals surface area (Å²) in [4.78, 5) is 24.5. The minimum absolute atomic E-state index is 0.184. The molecular formula is C20H25BN2O4. The van der Waals surface area contributed by atoms with Gasteiger partial charge < -0.3 is 20.7 Å². The van der Waals surface area contributed by atoms with Gasteiger partial charge >= 0.3 is 13.0 Å². The van der Waals surface area contributed by atoms with Crippen molar-refractivity contribution in [3.8, 4) is 0 Å². The van der Waals surface area contributed by atoms with Gasteiger partial charge in [-0.15, -0.1) is 0 Å². The second-order valence-corrected chi connectivity index (χ2v) is 6.61. The van der Waals surface area contributed by atoms with Crippen LogP contribution in [0.3, 0.4) is 0 Å². The molecule has 7 heteroatoms. The first-order valence-electron chi connectivity index (χ1n) is 8.94. The highest BCUT2D eigenvalue weighted by atomic mass is 16.4. The summed E-state index contributed by atoms with van der Waals surface area (Å²) in [5.74, 6) is -1.82. The predicted molar refractivity (Wildman–Crippen MR) is 105 cm³/mol. The Morgan fingerprint density at radius 1 is 1.04 bits per heavy atom. The zero-order valence-electron chi connectivity index (χ0n) is 15.5. The van der Waals surface area contributed by atoms with Crippen molar-refractivity contribution in [2.45, 2.75) is 38.2 Å². The highest BCUT2D eigenvalue weighted by Crippen LogP contribution is 2.19. The fraction of sp³-hybridized carbons (Fsp3) is 0.300. The van der Waals surface area contributed by atoms with E-state index in [0.29, 0.717) is 0 Å². The monoisotopic (exact) mass is 368 g/mol. The molecule has 0 saturated carbocycles. The van der Waals surface area contributed by atoms with E-state index in [2.05, 4.69) is 10.5 Å². The van der Waals surface area contributed by atoms with E-state index in [4.69, 9.17) is 0 Å². The van der Waals surface area contributed by atoms with E-state index < -0.39 is 31.0 Å². The van der Waals surface area contributed by atoms with Gasteiger partial charge in [0.1, 0.15) is 6.04 Å². The first kappa shape index (κ1) is 20.7. The number of carboxylic acid groups (broad SMARTS) is 1. The third-order valence-electron chi connectivity index (χ3n) is 4.43. The highest BCUT2D eigenvalue weighted by Gasteiger charge is 2.31. The van der Waals surface area contributed by atoms with Crippen molar-refractivity contribution in [1.82, 2.24) is 10.5 Å². The summed E-state index contributed by atoms with van der Waals surface area (Å²) in [6.45, 7) is 3.39. The number of nitrogens with one attached hydrogen (secondary N) is 2. The van der Waals surface area contributed by atoms with Gasteiger partial charge in [-0.2, -0.15) is 0 Å². The SMILES string of the molecule is CB(O)N[C@@H](C(=O)N[C@H](Cc1ccccc1)C(=O)O)[C@H](C)c1ccccc1. The molecule has 0 radical (unpaired) electrons. The summed E-state index contributed by atoms with van der Waals surface area (Å²) in [6.07, 6.45) is 0.184. The van der Waals surface area contributed by atoms with Crippen molar-refractivity contribution >= 4 is 18.9 Å². The Morgan fingerprint density at radius 2 is 1.59 bits per heavy atom. The maximum Gasteiger partial charge on any atom is 0.374 e. The Balaban J connectivity index is 2.16. The third kappa shape index (κ3) is 6.23. The molecule has 0 heterocycles. The van der Waals surface area contributed by atoms with Crippen molar-refractivity contribution in [1.29, 1.82) is 0 Å². The summed E-state index contributed by atoms with van der Waals surface area (Å²) < 4.78 is 0. The van der Waals surface area contributed by atoms with Crippen molar-refractivity contribution in [2.75, 3.05) is 0 Å². The third-order valence-corrected chi connectivity index (χ3v) is 4.43. The predicted octanol–water partition coefficient (Wildman–Crippen LogP) is 1.67. The van der Waals surface area contributed by atoms with Crippen LogP contribution in [0.1, 0.15) is 24.0 Å². The van der Waals surface area contributed by atoms with Crippen LogP contribution in [0.4, 0.5) is 0 Å². The Bertz CT molecular complexity index is 740. The van der Waals surface area contributed by atoms with Crippen LogP contribution in [0.2, 0.25) is 6.82 Å². The molecule has 0 saturated heterocycles. The molecule has 142 valence electrons. The number of rotatable bonds is 9. The molecule has 0 aliphatic heterocycles. The quantitative estimate of drug-likeness (QED) is 0.505. The molecule has 2 rings (SSSR count). The van der Waals surface area contributed by atoms with Crippen LogP contribution in [-0.2, 0) is 16.0 Å². The largest absolute Gasteiger partial charge is 0.480 e. The maximum absolute atomic E-state index is 12.9. The summed E-state index contributed by atoms with van der Waals surface area (Å²) in [7, 11) is -0.913. The second-order valence-electron chi connectivity index (χ2n) is 6.61. The Hall–Kier alpha value is -2.64. The van der Waals surface area contributed by atoms with Gasteiger partial charge in [0.05, 0.1) is 6.04 Å². The zero-order chi connectivity index (χ0) is 19.8. The molecule has 0 aliphatic carbocycles. The van der Waals surface area contributed by atoms with E-state index in [1.54, 1.807) is 0 Å². The topological polar surface area (TPSA) is 98.7 Å². The van der Waals surface area contributed by atoms with Gasteiger partial charge in [0.2, 0.25) is 5.91 Å². The summed E-state index contributed by atoms with van der Waals surface area (Å²) in [5.41, 5.74) is 1.74. The van der Waals surface area contributed by atoms with E-state index in [0.717, 1.165) is 11.1 Å². The molecule has 3 atom stereocenters. The molecular weight excluding hydrogens is 343 g/mol. The lowest BCUT2D eigenvalue weighted by Gasteiger charge is -2.27. The number of carbonyl (C=O) groups is 2. The van der Waals surface area contributed by atoms with E-state index in [1.165, 1.54) is 6.82 Å². The normalized spacial score (nSPS) is 14.0. The van der Waals surface area contributed by atoms with Crippen molar-refractivity contribution in [2.24, 2.45) is 0 Å². The van der Waals surface area contributed by atoms with Crippen LogP contribution in [0, 0.1) is 0 Å². The first-order valence-corrected chi connectivity index (χ1v) is 8.94. The van der Waals surface area contributed by atoms with Gasteiger partial charge in [0, 0.05) is 12.3 Å². The van der Waals surface area contributed by atoms with E-state index >= 15 is 0 Å². The van der Waals surface area contributed by atoms with Gasteiger partial charge in [-0.1, -0.05) is 67.6 Å². The van der Waals surface area contributed by atoms with Crippen LogP contribution in [0.15, 0.2) is 60.7 Å². The van der Waals surface area contributed by atoms with E-state index in [1.807, 2.05) is 67.6 Å².